The van der Waals surface area contributed by atoms with E-state index in [1.807, 2.05) is 0 Å². The van der Waals surface area contributed by atoms with Crippen LogP contribution in [0.3, 0.4) is 0 Å². The van der Waals surface area contributed by atoms with Gasteiger partial charge < -0.3 is 5.32 Å². The van der Waals surface area contributed by atoms with Crippen LogP contribution in [-0.2, 0) is 0 Å². The molecule has 2 rings (SSSR count). The molecular formula is C8H15N. The zero-order valence-corrected chi connectivity index (χ0v) is 6.11. The van der Waals surface area contributed by atoms with E-state index in [2.05, 4.69) is 12.2 Å². The van der Waals surface area contributed by atoms with Crippen LogP contribution in [0.5, 0.6) is 0 Å². The lowest BCUT2D eigenvalue weighted by atomic mass is 9.66. The predicted molar refractivity (Wildman–Crippen MR) is 38.4 cm³/mol. The first kappa shape index (κ1) is 5.72. The summed E-state index contributed by atoms with van der Waals surface area (Å²) in [4.78, 5) is 0. The van der Waals surface area contributed by atoms with Gasteiger partial charge in [-0.05, 0) is 38.1 Å². The van der Waals surface area contributed by atoms with Crippen LogP contribution in [0.4, 0.5) is 0 Å². The van der Waals surface area contributed by atoms with Gasteiger partial charge in [0.2, 0.25) is 0 Å². The SMILES string of the molecule is CCC12CCC1CCN2. The third-order valence-corrected chi connectivity index (χ3v) is 3.32. The molecular weight excluding hydrogens is 110 g/mol. The molecule has 1 heterocycles. The molecule has 1 nitrogen and oxygen atoms in total. The third kappa shape index (κ3) is 0.586. The van der Waals surface area contributed by atoms with Crippen molar-refractivity contribution in [3.8, 4) is 0 Å². The van der Waals surface area contributed by atoms with E-state index in [-0.39, 0.29) is 0 Å². The molecule has 0 aromatic carbocycles. The first-order valence-electron chi connectivity index (χ1n) is 4.12. The van der Waals surface area contributed by atoms with Gasteiger partial charge in [-0.25, -0.2) is 0 Å². The van der Waals surface area contributed by atoms with Crippen molar-refractivity contribution in [3.05, 3.63) is 0 Å². The number of rotatable bonds is 1. The molecule has 0 aromatic rings. The molecule has 1 aliphatic heterocycles. The van der Waals surface area contributed by atoms with Crippen molar-refractivity contribution < 1.29 is 0 Å². The molecule has 1 saturated carbocycles. The van der Waals surface area contributed by atoms with Crippen molar-refractivity contribution in [2.75, 3.05) is 6.54 Å². The van der Waals surface area contributed by atoms with Crippen LogP contribution < -0.4 is 5.32 Å². The first-order chi connectivity index (χ1) is 4.37. The van der Waals surface area contributed by atoms with Gasteiger partial charge in [0.1, 0.15) is 0 Å². The molecule has 2 fully saturated rings. The van der Waals surface area contributed by atoms with Crippen molar-refractivity contribution in [1.82, 2.24) is 5.32 Å². The maximum atomic E-state index is 3.62. The molecule has 2 atom stereocenters. The van der Waals surface area contributed by atoms with Crippen LogP contribution in [0.15, 0.2) is 0 Å². The minimum Gasteiger partial charge on any atom is -0.311 e. The van der Waals surface area contributed by atoms with E-state index in [0.29, 0.717) is 5.54 Å². The van der Waals surface area contributed by atoms with Crippen LogP contribution in [0.2, 0.25) is 0 Å². The highest BCUT2D eigenvalue weighted by Gasteiger charge is 2.47. The Morgan fingerprint density at radius 3 is 2.78 bits per heavy atom. The maximum Gasteiger partial charge on any atom is 0.0207 e. The molecule has 1 aliphatic carbocycles. The van der Waals surface area contributed by atoms with Gasteiger partial charge in [-0.1, -0.05) is 6.92 Å². The highest BCUT2D eigenvalue weighted by molar-refractivity contribution is 5.06. The van der Waals surface area contributed by atoms with Crippen LogP contribution in [0, 0.1) is 5.92 Å². The number of nitrogens with one attached hydrogen (secondary N) is 1. The molecule has 1 saturated heterocycles. The second kappa shape index (κ2) is 1.72. The molecule has 0 bridgehead atoms. The van der Waals surface area contributed by atoms with Crippen molar-refractivity contribution in [2.45, 2.75) is 38.1 Å². The van der Waals surface area contributed by atoms with E-state index in [1.54, 1.807) is 0 Å². The Morgan fingerprint density at radius 1 is 1.56 bits per heavy atom. The summed E-state index contributed by atoms with van der Waals surface area (Å²) >= 11 is 0. The topological polar surface area (TPSA) is 12.0 Å². The second-order valence-electron chi connectivity index (χ2n) is 3.46. The van der Waals surface area contributed by atoms with Crippen molar-refractivity contribution in [1.29, 1.82) is 0 Å². The summed E-state index contributed by atoms with van der Waals surface area (Å²) in [7, 11) is 0. The second-order valence-corrected chi connectivity index (χ2v) is 3.46. The molecule has 0 radical (unpaired) electrons. The standard InChI is InChI=1S/C8H15N/c1-2-8-5-3-7(8)4-6-9-8/h7,9H,2-6H2,1H3. The van der Waals surface area contributed by atoms with E-state index in [4.69, 9.17) is 0 Å². The normalized spacial score (nSPS) is 48.3. The van der Waals surface area contributed by atoms with Crippen molar-refractivity contribution in [3.63, 3.8) is 0 Å². The Balaban J connectivity index is 2.10. The molecule has 2 aliphatic rings. The molecule has 1 heteroatoms. The van der Waals surface area contributed by atoms with E-state index >= 15 is 0 Å². The quantitative estimate of drug-likeness (QED) is 0.560. The Morgan fingerprint density at radius 2 is 2.44 bits per heavy atom. The lowest BCUT2D eigenvalue weighted by Gasteiger charge is -2.44. The predicted octanol–water partition coefficient (Wildman–Crippen LogP) is 1.54. The summed E-state index contributed by atoms with van der Waals surface area (Å²) in [6.07, 6.45) is 5.71. The average molecular weight is 125 g/mol. The highest BCUT2D eigenvalue weighted by Crippen LogP contribution is 2.46. The third-order valence-electron chi connectivity index (χ3n) is 3.32. The summed E-state index contributed by atoms with van der Waals surface area (Å²) < 4.78 is 0. The number of fused-ring (bicyclic) bond motifs is 1. The summed E-state index contributed by atoms with van der Waals surface area (Å²) in [5.41, 5.74) is 0.625. The van der Waals surface area contributed by atoms with Crippen LogP contribution in [0.1, 0.15) is 32.6 Å². The zero-order valence-electron chi connectivity index (χ0n) is 6.11. The smallest absolute Gasteiger partial charge is 0.0207 e. The fourth-order valence-electron chi connectivity index (χ4n) is 2.44. The fourth-order valence-corrected chi connectivity index (χ4v) is 2.44. The lowest BCUT2D eigenvalue weighted by molar-refractivity contribution is 0.131. The van der Waals surface area contributed by atoms with Gasteiger partial charge in [-0.15, -0.1) is 0 Å². The van der Waals surface area contributed by atoms with Crippen molar-refractivity contribution >= 4 is 0 Å². The Labute approximate surface area is 56.8 Å². The summed E-state index contributed by atoms with van der Waals surface area (Å²) in [5.74, 6) is 1.04. The molecule has 0 amide bonds. The van der Waals surface area contributed by atoms with Gasteiger partial charge in [-0.2, -0.15) is 0 Å². The minimum atomic E-state index is 0.625. The molecule has 2 unspecified atom stereocenters. The van der Waals surface area contributed by atoms with E-state index in [0.717, 1.165) is 5.92 Å². The maximum absolute atomic E-state index is 3.62. The van der Waals surface area contributed by atoms with E-state index in [9.17, 15) is 0 Å². The largest absolute Gasteiger partial charge is 0.311 e. The molecule has 0 spiro atoms. The van der Waals surface area contributed by atoms with Crippen LogP contribution in [0.25, 0.3) is 0 Å². The van der Waals surface area contributed by atoms with E-state index in [1.165, 1.54) is 32.2 Å². The zero-order chi connectivity index (χ0) is 6.32. The van der Waals surface area contributed by atoms with Gasteiger partial charge in [0.25, 0.3) is 0 Å². The number of hydrogen-bond donors (Lipinski definition) is 1. The monoisotopic (exact) mass is 125 g/mol. The average Bonchev–Trinajstić information content (AvgIpc) is 2.10. The van der Waals surface area contributed by atoms with Gasteiger partial charge >= 0.3 is 0 Å². The molecule has 9 heavy (non-hydrogen) atoms. The lowest BCUT2D eigenvalue weighted by Crippen LogP contribution is -2.51. The molecule has 52 valence electrons. The fraction of sp³-hybridized carbons (Fsp3) is 1.00. The van der Waals surface area contributed by atoms with Gasteiger partial charge in [0, 0.05) is 5.54 Å². The Bertz CT molecular complexity index is 118. The molecule has 1 N–H and O–H groups in total. The summed E-state index contributed by atoms with van der Waals surface area (Å²) in [5, 5.41) is 3.62. The Kier molecular flexibility index (Phi) is 1.10. The van der Waals surface area contributed by atoms with Crippen LogP contribution in [-0.4, -0.2) is 12.1 Å². The number of hydrogen-bond acceptors (Lipinski definition) is 1. The Hall–Kier alpha value is -0.0400. The molecule has 0 aromatic heterocycles. The van der Waals surface area contributed by atoms with Gasteiger partial charge in [0.05, 0.1) is 0 Å². The van der Waals surface area contributed by atoms with Crippen molar-refractivity contribution in [2.24, 2.45) is 5.92 Å². The van der Waals surface area contributed by atoms with Crippen LogP contribution >= 0.6 is 0 Å². The van der Waals surface area contributed by atoms with Gasteiger partial charge in [0.15, 0.2) is 0 Å². The van der Waals surface area contributed by atoms with E-state index < -0.39 is 0 Å². The van der Waals surface area contributed by atoms with Gasteiger partial charge in [-0.3, -0.25) is 0 Å². The summed E-state index contributed by atoms with van der Waals surface area (Å²) in [6.45, 7) is 3.59. The minimum absolute atomic E-state index is 0.625. The first-order valence-corrected chi connectivity index (χ1v) is 4.12. The summed E-state index contributed by atoms with van der Waals surface area (Å²) in [6, 6.07) is 0. The highest BCUT2D eigenvalue weighted by atomic mass is 15.0.